The summed E-state index contributed by atoms with van der Waals surface area (Å²) in [5.41, 5.74) is 11.2. The monoisotopic (exact) mass is 220 g/mol. The smallest absolute Gasteiger partial charge is 0.0604 e. The van der Waals surface area contributed by atoms with Crippen LogP contribution in [0, 0.1) is 0 Å². The van der Waals surface area contributed by atoms with Crippen molar-refractivity contribution in [1.29, 1.82) is 0 Å². The Hall–Kier alpha value is -1.48. The first-order valence-corrected chi connectivity index (χ1v) is 5.45. The summed E-state index contributed by atoms with van der Waals surface area (Å²) in [7, 11) is 0. The van der Waals surface area contributed by atoms with Gasteiger partial charge in [-0.15, -0.1) is 0 Å². The largest absolute Gasteiger partial charge is 0.398 e. The van der Waals surface area contributed by atoms with E-state index in [9.17, 15) is 0 Å². The second kappa shape index (κ2) is 5.56. The number of nitrogen functional groups attached to an aromatic ring is 1. The minimum Gasteiger partial charge on any atom is -0.398 e. The van der Waals surface area contributed by atoms with Crippen LogP contribution in [-0.4, -0.2) is 18.3 Å². The van der Waals surface area contributed by atoms with E-state index in [1.165, 1.54) is 11.1 Å². The lowest BCUT2D eigenvalue weighted by Crippen LogP contribution is -2.06. The fourth-order valence-corrected chi connectivity index (χ4v) is 1.46. The molecule has 4 N–H and O–H groups in total. The van der Waals surface area contributed by atoms with Crippen molar-refractivity contribution in [1.82, 2.24) is 0 Å². The Labute approximate surface area is 97.0 Å². The Kier molecular flexibility index (Phi) is 4.38. The van der Waals surface area contributed by atoms with Crippen LogP contribution in [0.15, 0.2) is 23.8 Å². The normalized spacial score (nSPS) is 10.0. The first-order valence-electron chi connectivity index (χ1n) is 5.45. The fourth-order valence-electron chi connectivity index (χ4n) is 1.46. The van der Waals surface area contributed by atoms with E-state index in [-0.39, 0.29) is 6.61 Å². The molecule has 0 aliphatic rings. The van der Waals surface area contributed by atoms with E-state index in [4.69, 9.17) is 10.8 Å². The van der Waals surface area contributed by atoms with Crippen LogP contribution in [0.25, 0.3) is 5.57 Å². The predicted molar refractivity (Wildman–Crippen MR) is 70.4 cm³/mol. The van der Waals surface area contributed by atoms with E-state index >= 15 is 0 Å². The molecule has 16 heavy (non-hydrogen) atoms. The van der Waals surface area contributed by atoms with Gasteiger partial charge in [-0.25, -0.2) is 0 Å². The van der Waals surface area contributed by atoms with E-state index in [1.54, 1.807) is 0 Å². The number of aliphatic hydroxyl groups is 1. The maximum Gasteiger partial charge on any atom is 0.0604 e. The van der Waals surface area contributed by atoms with E-state index in [0.717, 1.165) is 16.9 Å². The predicted octanol–water partition coefficient (Wildman–Crippen LogP) is 2.49. The van der Waals surface area contributed by atoms with Crippen LogP contribution in [0.4, 0.5) is 11.4 Å². The van der Waals surface area contributed by atoms with Gasteiger partial charge in [-0.3, -0.25) is 0 Å². The van der Waals surface area contributed by atoms with E-state index in [2.05, 4.69) is 26.1 Å². The van der Waals surface area contributed by atoms with Gasteiger partial charge < -0.3 is 16.2 Å². The van der Waals surface area contributed by atoms with Crippen molar-refractivity contribution in [2.24, 2.45) is 0 Å². The first-order chi connectivity index (χ1) is 7.56. The molecular formula is C13H20N2O. The van der Waals surface area contributed by atoms with Gasteiger partial charge in [0.1, 0.15) is 0 Å². The van der Waals surface area contributed by atoms with Gasteiger partial charge in [0.2, 0.25) is 0 Å². The summed E-state index contributed by atoms with van der Waals surface area (Å²) in [6.45, 7) is 6.89. The molecule has 0 fully saturated rings. The van der Waals surface area contributed by atoms with Crippen molar-refractivity contribution >= 4 is 16.9 Å². The molecule has 0 bridgehead atoms. The average Bonchev–Trinajstić information content (AvgIpc) is 2.27. The van der Waals surface area contributed by atoms with Crippen LogP contribution in [-0.2, 0) is 0 Å². The molecule has 1 aromatic rings. The number of hydrogen-bond donors (Lipinski definition) is 3. The molecule has 0 aliphatic carbocycles. The molecule has 0 saturated heterocycles. The Morgan fingerprint density at radius 1 is 1.31 bits per heavy atom. The molecule has 0 radical (unpaired) electrons. The third kappa shape index (κ3) is 3.00. The number of nitrogens with two attached hydrogens (primary N) is 1. The summed E-state index contributed by atoms with van der Waals surface area (Å²) >= 11 is 0. The molecule has 3 nitrogen and oxygen atoms in total. The Bertz CT molecular complexity index is 393. The SMILES string of the molecule is CC(C)=C(C)c1cc(NCCO)ccc1N. The molecule has 0 spiro atoms. The first kappa shape index (κ1) is 12.6. The number of benzene rings is 1. The third-order valence-electron chi connectivity index (χ3n) is 2.65. The molecule has 1 aromatic carbocycles. The molecule has 0 saturated carbocycles. The highest BCUT2D eigenvalue weighted by Gasteiger charge is 2.04. The molecule has 3 heteroatoms. The van der Waals surface area contributed by atoms with E-state index in [1.807, 2.05) is 18.2 Å². The zero-order chi connectivity index (χ0) is 12.1. The van der Waals surface area contributed by atoms with Crippen molar-refractivity contribution in [2.75, 3.05) is 24.2 Å². The highest BCUT2D eigenvalue weighted by molar-refractivity contribution is 5.78. The number of hydrogen-bond acceptors (Lipinski definition) is 3. The van der Waals surface area contributed by atoms with Crippen molar-refractivity contribution in [2.45, 2.75) is 20.8 Å². The van der Waals surface area contributed by atoms with E-state index < -0.39 is 0 Å². The zero-order valence-corrected chi connectivity index (χ0v) is 10.2. The van der Waals surface area contributed by atoms with Gasteiger partial charge >= 0.3 is 0 Å². The number of aliphatic hydroxyl groups excluding tert-OH is 1. The van der Waals surface area contributed by atoms with Crippen molar-refractivity contribution in [3.63, 3.8) is 0 Å². The number of nitrogens with one attached hydrogen (secondary N) is 1. The molecule has 0 heterocycles. The highest BCUT2D eigenvalue weighted by Crippen LogP contribution is 2.26. The molecule has 0 aromatic heterocycles. The van der Waals surface area contributed by atoms with Gasteiger partial charge in [0.25, 0.3) is 0 Å². The maximum atomic E-state index is 8.75. The number of allylic oxidation sites excluding steroid dienone is 2. The Morgan fingerprint density at radius 3 is 2.56 bits per heavy atom. The topological polar surface area (TPSA) is 58.3 Å². The van der Waals surface area contributed by atoms with Crippen LogP contribution >= 0.6 is 0 Å². The van der Waals surface area contributed by atoms with Crippen LogP contribution in [0.1, 0.15) is 26.3 Å². The van der Waals surface area contributed by atoms with Gasteiger partial charge in [-0.05, 0) is 44.5 Å². The minimum absolute atomic E-state index is 0.126. The second-order valence-electron chi connectivity index (χ2n) is 4.08. The number of anilines is 2. The average molecular weight is 220 g/mol. The molecule has 0 amide bonds. The summed E-state index contributed by atoms with van der Waals surface area (Å²) in [5, 5.41) is 11.9. The molecule has 1 rings (SSSR count). The summed E-state index contributed by atoms with van der Waals surface area (Å²) in [6.07, 6.45) is 0. The van der Waals surface area contributed by atoms with Crippen molar-refractivity contribution in [3.8, 4) is 0 Å². The lowest BCUT2D eigenvalue weighted by Gasteiger charge is -2.11. The summed E-state index contributed by atoms with van der Waals surface area (Å²) in [5.74, 6) is 0. The van der Waals surface area contributed by atoms with Crippen LogP contribution in [0.5, 0.6) is 0 Å². The third-order valence-corrected chi connectivity index (χ3v) is 2.65. The molecule has 88 valence electrons. The van der Waals surface area contributed by atoms with Gasteiger partial charge in [-0.2, -0.15) is 0 Å². The molecule has 0 unspecified atom stereocenters. The van der Waals surface area contributed by atoms with Crippen molar-refractivity contribution < 1.29 is 5.11 Å². The number of rotatable bonds is 4. The summed E-state index contributed by atoms with van der Waals surface area (Å²) in [6, 6.07) is 5.83. The Balaban J connectivity index is 3.04. The minimum atomic E-state index is 0.126. The maximum absolute atomic E-state index is 8.75. The highest BCUT2D eigenvalue weighted by atomic mass is 16.3. The Morgan fingerprint density at radius 2 is 2.00 bits per heavy atom. The standard InChI is InChI=1S/C13H20N2O/c1-9(2)10(3)12-8-11(15-6-7-16)4-5-13(12)14/h4-5,8,15-16H,6-7,14H2,1-3H3. The van der Waals surface area contributed by atoms with Crippen molar-refractivity contribution in [3.05, 3.63) is 29.3 Å². The molecule has 0 atom stereocenters. The van der Waals surface area contributed by atoms with Gasteiger partial charge in [0.15, 0.2) is 0 Å². The molecule has 0 aliphatic heterocycles. The zero-order valence-electron chi connectivity index (χ0n) is 10.2. The summed E-state index contributed by atoms with van der Waals surface area (Å²) < 4.78 is 0. The quantitative estimate of drug-likeness (QED) is 0.683. The van der Waals surface area contributed by atoms with Gasteiger partial charge in [0.05, 0.1) is 6.61 Å². The van der Waals surface area contributed by atoms with E-state index in [0.29, 0.717) is 6.54 Å². The van der Waals surface area contributed by atoms with Crippen LogP contribution in [0.3, 0.4) is 0 Å². The van der Waals surface area contributed by atoms with Gasteiger partial charge in [0, 0.05) is 23.5 Å². The second-order valence-corrected chi connectivity index (χ2v) is 4.08. The van der Waals surface area contributed by atoms with Gasteiger partial charge in [-0.1, -0.05) is 5.57 Å². The lowest BCUT2D eigenvalue weighted by atomic mass is 10.0. The van der Waals surface area contributed by atoms with Crippen LogP contribution < -0.4 is 11.1 Å². The molecular weight excluding hydrogens is 200 g/mol. The summed E-state index contributed by atoms with van der Waals surface area (Å²) in [4.78, 5) is 0. The van der Waals surface area contributed by atoms with Crippen LogP contribution in [0.2, 0.25) is 0 Å². The lowest BCUT2D eigenvalue weighted by molar-refractivity contribution is 0.311. The fraction of sp³-hybridized carbons (Fsp3) is 0.385.